The van der Waals surface area contributed by atoms with E-state index in [0.29, 0.717) is 12.8 Å². The van der Waals surface area contributed by atoms with E-state index in [4.69, 9.17) is 4.74 Å². The number of esters is 1. The molecule has 0 saturated carbocycles. The molecule has 1 unspecified atom stereocenters. The molecule has 1 saturated heterocycles. The monoisotopic (exact) mass is 341 g/mol. The third-order valence-corrected chi connectivity index (χ3v) is 3.59. The lowest BCUT2D eigenvalue weighted by Gasteiger charge is -2.34. The molecule has 24 heavy (non-hydrogen) atoms. The van der Waals surface area contributed by atoms with E-state index in [1.165, 1.54) is 11.9 Å². The van der Waals surface area contributed by atoms with Crippen LogP contribution in [0.4, 0.5) is 4.79 Å². The summed E-state index contributed by atoms with van der Waals surface area (Å²) >= 11 is 0. The number of imide groups is 1. The number of carbonyl (C=O) groups is 5. The van der Waals surface area contributed by atoms with E-state index in [-0.39, 0.29) is 19.6 Å². The smallest absolute Gasteiger partial charge is 0.327 e. The van der Waals surface area contributed by atoms with E-state index in [9.17, 15) is 24.0 Å². The Morgan fingerprint density at radius 2 is 1.88 bits per heavy atom. The zero-order valence-electron chi connectivity index (χ0n) is 14.4. The summed E-state index contributed by atoms with van der Waals surface area (Å²) in [7, 11) is 1.37. The second-order valence-corrected chi connectivity index (χ2v) is 5.77. The summed E-state index contributed by atoms with van der Waals surface area (Å²) in [6.45, 7) is 5.52. The summed E-state index contributed by atoms with van der Waals surface area (Å²) in [5.41, 5.74) is 0. The van der Waals surface area contributed by atoms with Crippen LogP contribution >= 0.6 is 0 Å². The number of likely N-dealkylation sites (N-methyl/N-ethyl adjacent to an activating group) is 2. The SMILES string of the molecule is CCN1CCN(C(=O)N(C)CC(C=O)OC(=O)C(C)C)C(=O)C1=O. The number of rotatable bonds is 6. The standard InChI is InChI=1S/C15H23N3O6/c1-5-17-6-7-18(13(21)12(17)20)15(23)16(4)8-11(9-19)24-14(22)10(2)3/h9-11H,5-8H2,1-4H3. The van der Waals surface area contributed by atoms with Gasteiger partial charge in [0.15, 0.2) is 12.4 Å². The van der Waals surface area contributed by atoms with Gasteiger partial charge in [0.2, 0.25) is 0 Å². The molecule has 0 bridgehead atoms. The molecule has 4 amide bonds. The Balaban J connectivity index is 2.70. The summed E-state index contributed by atoms with van der Waals surface area (Å²) < 4.78 is 4.97. The molecular weight excluding hydrogens is 318 g/mol. The molecule has 1 aliphatic rings. The van der Waals surface area contributed by atoms with Gasteiger partial charge in [-0.1, -0.05) is 13.8 Å². The average Bonchev–Trinajstić information content (AvgIpc) is 2.55. The second kappa shape index (κ2) is 8.42. The summed E-state index contributed by atoms with van der Waals surface area (Å²) in [4.78, 5) is 62.0. The first-order valence-corrected chi connectivity index (χ1v) is 7.74. The van der Waals surface area contributed by atoms with Crippen molar-refractivity contribution in [2.24, 2.45) is 5.92 Å². The van der Waals surface area contributed by atoms with Crippen LogP contribution in [-0.4, -0.2) is 84.1 Å². The van der Waals surface area contributed by atoms with Gasteiger partial charge in [-0.05, 0) is 6.92 Å². The molecule has 1 aliphatic heterocycles. The maximum absolute atomic E-state index is 12.3. The van der Waals surface area contributed by atoms with Crippen LogP contribution in [0.1, 0.15) is 20.8 Å². The lowest BCUT2D eigenvalue weighted by atomic mass is 10.2. The number of carbonyl (C=O) groups excluding carboxylic acids is 5. The molecule has 0 radical (unpaired) electrons. The number of nitrogens with zero attached hydrogens (tertiary/aromatic N) is 3. The quantitative estimate of drug-likeness (QED) is 0.366. The number of piperazine rings is 1. The summed E-state index contributed by atoms with van der Waals surface area (Å²) in [6.07, 6.45) is -0.705. The van der Waals surface area contributed by atoms with Gasteiger partial charge in [0.1, 0.15) is 0 Å². The van der Waals surface area contributed by atoms with Gasteiger partial charge in [-0.2, -0.15) is 0 Å². The molecule has 9 nitrogen and oxygen atoms in total. The Hall–Kier alpha value is -2.45. The molecule has 0 spiro atoms. The fourth-order valence-corrected chi connectivity index (χ4v) is 2.11. The van der Waals surface area contributed by atoms with Crippen molar-refractivity contribution in [3.05, 3.63) is 0 Å². The molecule has 0 aromatic rings. The van der Waals surface area contributed by atoms with Crippen LogP contribution < -0.4 is 0 Å². The minimum atomic E-state index is -1.13. The van der Waals surface area contributed by atoms with Crippen molar-refractivity contribution in [3.8, 4) is 0 Å². The van der Waals surface area contributed by atoms with Gasteiger partial charge in [-0.25, -0.2) is 4.79 Å². The highest BCUT2D eigenvalue weighted by atomic mass is 16.5. The summed E-state index contributed by atoms with van der Waals surface area (Å²) in [5.74, 6) is -2.60. The molecule has 1 fully saturated rings. The third kappa shape index (κ3) is 4.53. The number of aldehydes is 1. The van der Waals surface area contributed by atoms with E-state index in [1.54, 1.807) is 20.8 Å². The minimum Gasteiger partial charge on any atom is -0.453 e. The van der Waals surface area contributed by atoms with E-state index in [2.05, 4.69) is 0 Å². The van der Waals surface area contributed by atoms with Crippen LogP contribution in [0.3, 0.4) is 0 Å². The third-order valence-electron chi connectivity index (χ3n) is 3.59. The fourth-order valence-electron chi connectivity index (χ4n) is 2.11. The Morgan fingerprint density at radius 1 is 1.25 bits per heavy atom. The maximum atomic E-state index is 12.3. The molecule has 1 heterocycles. The second-order valence-electron chi connectivity index (χ2n) is 5.77. The first kappa shape index (κ1) is 19.6. The first-order chi connectivity index (χ1) is 11.2. The van der Waals surface area contributed by atoms with Crippen LogP contribution in [0.25, 0.3) is 0 Å². The molecule has 134 valence electrons. The van der Waals surface area contributed by atoms with Crippen LogP contribution in [0.15, 0.2) is 0 Å². The number of urea groups is 1. The Labute approximate surface area is 140 Å². The normalized spacial score (nSPS) is 16.2. The summed E-state index contributed by atoms with van der Waals surface area (Å²) in [6, 6.07) is -0.712. The predicted molar refractivity (Wildman–Crippen MR) is 82.8 cm³/mol. The van der Waals surface area contributed by atoms with Crippen LogP contribution in [0.2, 0.25) is 0 Å². The van der Waals surface area contributed by atoms with E-state index in [1.807, 2.05) is 0 Å². The van der Waals surface area contributed by atoms with E-state index < -0.39 is 35.8 Å². The molecule has 1 rings (SSSR count). The number of hydrogen-bond donors (Lipinski definition) is 0. The van der Waals surface area contributed by atoms with Crippen LogP contribution in [0.5, 0.6) is 0 Å². The molecular formula is C15H23N3O6. The number of amides is 4. The lowest BCUT2D eigenvalue weighted by molar-refractivity contribution is -0.156. The molecule has 9 heteroatoms. The molecule has 0 aromatic heterocycles. The zero-order chi connectivity index (χ0) is 18.4. The van der Waals surface area contributed by atoms with Gasteiger partial charge in [0.05, 0.1) is 12.5 Å². The van der Waals surface area contributed by atoms with E-state index in [0.717, 1.165) is 9.80 Å². The molecule has 1 atom stereocenters. The largest absolute Gasteiger partial charge is 0.453 e. The lowest BCUT2D eigenvalue weighted by Crippen LogP contribution is -2.58. The maximum Gasteiger partial charge on any atom is 0.327 e. The average molecular weight is 341 g/mol. The summed E-state index contributed by atoms with van der Waals surface area (Å²) in [5, 5.41) is 0. The van der Waals surface area contributed by atoms with Gasteiger partial charge in [-0.3, -0.25) is 24.1 Å². The molecule has 0 aliphatic carbocycles. The Kier molecular flexibility index (Phi) is 6.87. The van der Waals surface area contributed by atoms with Gasteiger partial charge < -0.3 is 14.5 Å². The Morgan fingerprint density at radius 3 is 2.38 bits per heavy atom. The van der Waals surface area contributed by atoms with Crippen LogP contribution in [-0.2, 0) is 23.9 Å². The minimum absolute atomic E-state index is 0.0825. The fraction of sp³-hybridized carbons (Fsp3) is 0.667. The van der Waals surface area contributed by atoms with Gasteiger partial charge in [0.25, 0.3) is 0 Å². The Bertz CT molecular complexity index is 533. The van der Waals surface area contributed by atoms with Crippen molar-refractivity contribution in [1.29, 1.82) is 0 Å². The number of ether oxygens (including phenoxy) is 1. The first-order valence-electron chi connectivity index (χ1n) is 7.74. The van der Waals surface area contributed by atoms with Crippen molar-refractivity contribution in [3.63, 3.8) is 0 Å². The highest BCUT2D eigenvalue weighted by Crippen LogP contribution is 2.09. The van der Waals surface area contributed by atoms with Crippen LogP contribution in [0, 0.1) is 5.92 Å². The van der Waals surface area contributed by atoms with Gasteiger partial charge in [-0.15, -0.1) is 0 Å². The van der Waals surface area contributed by atoms with Crippen molar-refractivity contribution in [1.82, 2.24) is 14.7 Å². The highest BCUT2D eigenvalue weighted by molar-refractivity contribution is 6.38. The zero-order valence-corrected chi connectivity index (χ0v) is 14.4. The van der Waals surface area contributed by atoms with E-state index >= 15 is 0 Å². The predicted octanol–water partition coefficient (Wildman–Crippen LogP) is -0.504. The van der Waals surface area contributed by atoms with Crippen molar-refractivity contribution < 1.29 is 28.7 Å². The van der Waals surface area contributed by atoms with Crippen molar-refractivity contribution >= 4 is 30.1 Å². The highest BCUT2D eigenvalue weighted by Gasteiger charge is 2.37. The molecule has 0 N–H and O–H groups in total. The van der Waals surface area contributed by atoms with Crippen molar-refractivity contribution in [2.45, 2.75) is 26.9 Å². The van der Waals surface area contributed by atoms with Gasteiger partial charge in [0, 0.05) is 26.7 Å². The van der Waals surface area contributed by atoms with Gasteiger partial charge >= 0.3 is 23.8 Å². The molecule has 0 aromatic carbocycles. The topological polar surface area (TPSA) is 104 Å². The van der Waals surface area contributed by atoms with Crippen molar-refractivity contribution in [2.75, 3.05) is 33.2 Å². The number of hydrogen-bond acceptors (Lipinski definition) is 6.